The van der Waals surface area contributed by atoms with E-state index >= 15 is 0 Å². The van der Waals surface area contributed by atoms with Gasteiger partial charge in [0.2, 0.25) is 0 Å². The first-order valence-electron chi connectivity index (χ1n) is 7.51. The van der Waals surface area contributed by atoms with Crippen molar-refractivity contribution < 1.29 is 32.9 Å². The Morgan fingerprint density at radius 2 is 1.88 bits per heavy atom. The van der Waals surface area contributed by atoms with Crippen molar-refractivity contribution in [2.75, 3.05) is 6.54 Å². The van der Waals surface area contributed by atoms with Crippen LogP contribution in [0.4, 0.5) is 18.0 Å². The zero-order valence-corrected chi connectivity index (χ0v) is 14.8. The summed E-state index contributed by atoms with van der Waals surface area (Å²) in [4.78, 5) is 11.5. The van der Waals surface area contributed by atoms with Crippen LogP contribution in [0.1, 0.15) is 44.4 Å². The van der Waals surface area contributed by atoms with Crippen molar-refractivity contribution in [1.29, 1.82) is 0 Å². The molecule has 9 heteroatoms. The Morgan fingerprint density at radius 3 is 2.36 bits per heavy atom. The Hall–Kier alpha value is -1.51. The molecule has 1 rings (SSSR count). The standard InChI is InChI=1S/C16H21ClF3NO4/c1-15(2,3)25-14(24)21-7-6-12(22)13(23)10-5-4-9(8-11(10)17)16(18,19)20/h4-5,8,12-13,22-23H,6-7H2,1-3H3,(H,21,24). The maximum Gasteiger partial charge on any atom is 0.416 e. The van der Waals surface area contributed by atoms with Crippen LogP contribution in [0.5, 0.6) is 0 Å². The second-order valence-corrected chi connectivity index (χ2v) is 6.87. The summed E-state index contributed by atoms with van der Waals surface area (Å²) < 4.78 is 42.8. The van der Waals surface area contributed by atoms with E-state index in [1.54, 1.807) is 20.8 Å². The summed E-state index contributed by atoms with van der Waals surface area (Å²) in [5.41, 5.74) is -1.65. The van der Waals surface area contributed by atoms with Crippen LogP contribution in [-0.4, -0.2) is 34.6 Å². The monoisotopic (exact) mass is 383 g/mol. The number of rotatable bonds is 5. The lowest BCUT2D eigenvalue weighted by Crippen LogP contribution is -2.34. The molecule has 25 heavy (non-hydrogen) atoms. The van der Waals surface area contributed by atoms with Crippen LogP contribution < -0.4 is 5.32 Å². The molecule has 2 unspecified atom stereocenters. The minimum atomic E-state index is -4.55. The van der Waals surface area contributed by atoms with Crippen LogP contribution in [0.3, 0.4) is 0 Å². The lowest BCUT2D eigenvalue weighted by atomic mass is 10.0. The van der Waals surface area contributed by atoms with E-state index in [0.717, 1.165) is 12.1 Å². The lowest BCUT2D eigenvalue weighted by Gasteiger charge is -2.22. The number of aliphatic hydroxyl groups excluding tert-OH is 2. The summed E-state index contributed by atoms with van der Waals surface area (Å²) in [5, 5.41) is 22.1. The number of nitrogens with one attached hydrogen (secondary N) is 1. The third-order valence-corrected chi connectivity index (χ3v) is 3.45. The Balaban J connectivity index is 2.62. The largest absolute Gasteiger partial charge is 0.444 e. The van der Waals surface area contributed by atoms with Gasteiger partial charge in [-0.15, -0.1) is 0 Å². The smallest absolute Gasteiger partial charge is 0.416 e. The second-order valence-electron chi connectivity index (χ2n) is 6.46. The second kappa shape index (κ2) is 8.25. The summed E-state index contributed by atoms with van der Waals surface area (Å²) in [6.07, 6.45) is -8.10. The molecule has 0 heterocycles. The Morgan fingerprint density at radius 1 is 1.28 bits per heavy atom. The third kappa shape index (κ3) is 7.09. The first kappa shape index (κ1) is 21.5. The highest BCUT2D eigenvalue weighted by molar-refractivity contribution is 6.31. The van der Waals surface area contributed by atoms with Gasteiger partial charge >= 0.3 is 12.3 Å². The van der Waals surface area contributed by atoms with Crippen molar-refractivity contribution in [3.05, 3.63) is 34.3 Å². The van der Waals surface area contributed by atoms with Gasteiger partial charge in [0.25, 0.3) is 0 Å². The molecule has 5 nitrogen and oxygen atoms in total. The highest BCUT2D eigenvalue weighted by atomic mass is 35.5. The van der Waals surface area contributed by atoms with E-state index in [1.807, 2.05) is 0 Å². The summed E-state index contributed by atoms with van der Waals surface area (Å²) in [6, 6.07) is 2.47. The number of aliphatic hydroxyl groups is 2. The van der Waals surface area contributed by atoms with Gasteiger partial charge in [0.1, 0.15) is 11.7 Å². The summed E-state index contributed by atoms with van der Waals surface area (Å²) in [5.74, 6) is 0. The molecule has 0 aliphatic carbocycles. The van der Waals surface area contributed by atoms with Crippen molar-refractivity contribution in [3.63, 3.8) is 0 Å². The number of halogens is 4. The molecule has 2 atom stereocenters. The van der Waals surface area contributed by atoms with Crippen LogP contribution in [0.2, 0.25) is 5.02 Å². The van der Waals surface area contributed by atoms with E-state index in [-0.39, 0.29) is 23.6 Å². The van der Waals surface area contributed by atoms with Crippen molar-refractivity contribution in [2.45, 2.75) is 51.2 Å². The van der Waals surface area contributed by atoms with Gasteiger partial charge in [-0.3, -0.25) is 0 Å². The number of alkyl halides is 3. The fraction of sp³-hybridized carbons (Fsp3) is 0.562. The quantitative estimate of drug-likeness (QED) is 0.725. The van der Waals surface area contributed by atoms with E-state index in [2.05, 4.69) is 5.32 Å². The number of hydrogen-bond acceptors (Lipinski definition) is 4. The van der Waals surface area contributed by atoms with Crippen LogP contribution in [0.15, 0.2) is 18.2 Å². The maximum absolute atomic E-state index is 12.6. The van der Waals surface area contributed by atoms with Crippen LogP contribution in [0.25, 0.3) is 0 Å². The predicted octanol–water partition coefficient (Wildman–Crippen LogP) is 3.67. The molecule has 1 amide bonds. The molecule has 0 radical (unpaired) electrons. The predicted molar refractivity (Wildman–Crippen MR) is 86.3 cm³/mol. The minimum absolute atomic E-state index is 0.00535. The van der Waals surface area contributed by atoms with Gasteiger partial charge in [-0.05, 0) is 39.3 Å². The molecular formula is C16H21ClF3NO4. The van der Waals surface area contributed by atoms with Crippen LogP contribution >= 0.6 is 11.6 Å². The summed E-state index contributed by atoms with van der Waals surface area (Å²) >= 11 is 5.77. The number of ether oxygens (including phenoxy) is 1. The van der Waals surface area contributed by atoms with Gasteiger partial charge in [0, 0.05) is 17.1 Å². The molecule has 0 aliphatic rings. The SMILES string of the molecule is CC(C)(C)OC(=O)NCCC(O)C(O)c1ccc(C(F)(F)F)cc1Cl. The molecule has 3 N–H and O–H groups in total. The normalized spacial score (nSPS) is 14.8. The van der Waals surface area contributed by atoms with Gasteiger partial charge in [0.15, 0.2) is 0 Å². The number of benzene rings is 1. The fourth-order valence-electron chi connectivity index (χ4n) is 1.94. The molecule has 142 valence electrons. The van der Waals surface area contributed by atoms with Gasteiger partial charge < -0.3 is 20.3 Å². The van der Waals surface area contributed by atoms with Crippen molar-refractivity contribution in [3.8, 4) is 0 Å². The lowest BCUT2D eigenvalue weighted by molar-refractivity contribution is -0.137. The molecule has 0 fully saturated rings. The molecule has 1 aromatic carbocycles. The van der Waals surface area contributed by atoms with E-state index in [1.165, 1.54) is 0 Å². The molecule has 1 aromatic rings. The maximum atomic E-state index is 12.6. The average Bonchev–Trinajstić information content (AvgIpc) is 2.43. The van der Waals surface area contributed by atoms with E-state index in [9.17, 15) is 28.2 Å². The molecule has 0 spiro atoms. The molecule has 0 aromatic heterocycles. The van der Waals surface area contributed by atoms with E-state index in [4.69, 9.17) is 16.3 Å². The highest BCUT2D eigenvalue weighted by Crippen LogP contribution is 2.34. The molecule has 0 saturated heterocycles. The van der Waals surface area contributed by atoms with Gasteiger partial charge in [0.05, 0.1) is 11.7 Å². The zero-order valence-electron chi connectivity index (χ0n) is 14.0. The summed E-state index contributed by atoms with van der Waals surface area (Å²) in [7, 11) is 0. The number of carbonyl (C=O) groups excluding carboxylic acids is 1. The fourth-order valence-corrected chi connectivity index (χ4v) is 2.24. The Bertz CT molecular complexity index is 602. The van der Waals surface area contributed by atoms with E-state index < -0.39 is 35.6 Å². The number of hydrogen-bond donors (Lipinski definition) is 3. The van der Waals surface area contributed by atoms with Gasteiger partial charge in [-0.1, -0.05) is 17.7 Å². The van der Waals surface area contributed by atoms with Crippen LogP contribution in [0, 0.1) is 0 Å². The first-order chi connectivity index (χ1) is 11.3. The Labute approximate surface area is 148 Å². The van der Waals surface area contributed by atoms with Crippen LogP contribution in [-0.2, 0) is 10.9 Å². The minimum Gasteiger partial charge on any atom is -0.444 e. The molecule has 0 bridgehead atoms. The van der Waals surface area contributed by atoms with Gasteiger partial charge in [-0.2, -0.15) is 13.2 Å². The number of amides is 1. The number of alkyl carbamates (subject to hydrolysis) is 1. The average molecular weight is 384 g/mol. The zero-order chi connectivity index (χ0) is 19.4. The number of carbonyl (C=O) groups is 1. The van der Waals surface area contributed by atoms with Crippen molar-refractivity contribution in [2.24, 2.45) is 0 Å². The van der Waals surface area contributed by atoms with Gasteiger partial charge in [-0.25, -0.2) is 4.79 Å². The summed E-state index contributed by atoms with van der Waals surface area (Å²) in [6.45, 7) is 5.08. The molecular weight excluding hydrogens is 363 g/mol. The molecule has 0 saturated carbocycles. The van der Waals surface area contributed by atoms with Crippen molar-refractivity contribution >= 4 is 17.7 Å². The van der Waals surface area contributed by atoms with E-state index in [0.29, 0.717) is 6.07 Å². The Kier molecular flexibility index (Phi) is 7.10. The molecule has 0 aliphatic heterocycles. The van der Waals surface area contributed by atoms with Crippen molar-refractivity contribution in [1.82, 2.24) is 5.32 Å². The first-order valence-corrected chi connectivity index (χ1v) is 7.88. The third-order valence-electron chi connectivity index (χ3n) is 3.12. The topological polar surface area (TPSA) is 78.8 Å². The highest BCUT2D eigenvalue weighted by Gasteiger charge is 2.32.